The van der Waals surface area contributed by atoms with E-state index in [-0.39, 0.29) is 17.5 Å². The molecule has 1 aliphatic heterocycles. The highest BCUT2D eigenvalue weighted by Gasteiger charge is 2.34. The number of sulfonamides is 1. The monoisotopic (exact) mass is 289 g/mol. The molecule has 0 aliphatic carbocycles. The highest BCUT2D eigenvalue weighted by Crippen LogP contribution is 2.26. The first-order valence-corrected chi connectivity index (χ1v) is 7.84. The van der Waals surface area contributed by atoms with Crippen LogP contribution in [0.5, 0.6) is 0 Å². The Bertz CT molecular complexity index is 501. The molecule has 0 aromatic heterocycles. The maximum Gasteiger partial charge on any atom is 0.243 e. The van der Waals surface area contributed by atoms with Gasteiger partial charge in [-0.15, -0.1) is 11.6 Å². The predicted molar refractivity (Wildman–Crippen MR) is 70.0 cm³/mol. The van der Waals surface area contributed by atoms with E-state index in [1.54, 1.807) is 24.3 Å². The lowest BCUT2D eigenvalue weighted by Gasteiger charge is -2.22. The summed E-state index contributed by atoms with van der Waals surface area (Å²) >= 11 is 5.67. The van der Waals surface area contributed by atoms with E-state index >= 15 is 0 Å². The van der Waals surface area contributed by atoms with E-state index < -0.39 is 10.0 Å². The minimum absolute atomic E-state index is 0.126. The van der Waals surface area contributed by atoms with Crippen molar-refractivity contribution in [2.45, 2.75) is 29.7 Å². The van der Waals surface area contributed by atoms with Crippen LogP contribution in [0.2, 0.25) is 0 Å². The van der Waals surface area contributed by atoms with E-state index in [9.17, 15) is 13.5 Å². The van der Waals surface area contributed by atoms with Crippen LogP contribution in [0.15, 0.2) is 29.2 Å². The van der Waals surface area contributed by atoms with Gasteiger partial charge in [0.1, 0.15) is 0 Å². The Morgan fingerprint density at radius 2 is 2.00 bits per heavy atom. The molecule has 1 aromatic carbocycles. The van der Waals surface area contributed by atoms with Gasteiger partial charge in [0.25, 0.3) is 0 Å². The van der Waals surface area contributed by atoms with Gasteiger partial charge in [-0.1, -0.05) is 12.1 Å². The molecule has 1 heterocycles. The van der Waals surface area contributed by atoms with Crippen LogP contribution in [0.1, 0.15) is 18.4 Å². The maximum absolute atomic E-state index is 12.4. The zero-order chi connectivity index (χ0) is 13.2. The molecule has 18 heavy (non-hydrogen) atoms. The van der Waals surface area contributed by atoms with Gasteiger partial charge in [0.2, 0.25) is 10.0 Å². The fourth-order valence-electron chi connectivity index (χ4n) is 2.19. The highest BCUT2D eigenvalue weighted by atomic mass is 35.5. The third-order valence-corrected chi connectivity index (χ3v) is 5.49. The number of benzene rings is 1. The number of nitrogens with zero attached hydrogens (tertiary/aromatic N) is 1. The lowest BCUT2D eigenvalue weighted by atomic mass is 10.2. The van der Waals surface area contributed by atoms with E-state index in [4.69, 9.17) is 11.6 Å². The van der Waals surface area contributed by atoms with Crippen LogP contribution in [0.3, 0.4) is 0 Å². The van der Waals surface area contributed by atoms with Gasteiger partial charge in [0.05, 0.1) is 11.5 Å². The topological polar surface area (TPSA) is 57.6 Å². The molecule has 0 bridgehead atoms. The summed E-state index contributed by atoms with van der Waals surface area (Å²) in [5, 5.41) is 9.21. The third-order valence-electron chi connectivity index (χ3n) is 3.22. The molecule has 0 saturated carbocycles. The Labute approximate surface area is 112 Å². The van der Waals surface area contributed by atoms with E-state index in [0.29, 0.717) is 12.4 Å². The average molecular weight is 290 g/mol. The van der Waals surface area contributed by atoms with Crippen LogP contribution < -0.4 is 0 Å². The van der Waals surface area contributed by atoms with Crippen molar-refractivity contribution in [3.05, 3.63) is 29.8 Å². The number of aliphatic hydroxyl groups is 1. The SMILES string of the molecule is O=S(=O)(c1ccc(CCl)cc1)N1CCCC1CO. The zero-order valence-electron chi connectivity index (χ0n) is 9.92. The summed E-state index contributed by atoms with van der Waals surface area (Å²) < 4.78 is 26.2. The minimum Gasteiger partial charge on any atom is -0.395 e. The molecule has 1 aromatic rings. The molecule has 1 saturated heterocycles. The fourth-order valence-corrected chi connectivity index (χ4v) is 4.06. The maximum atomic E-state index is 12.4. The summed E-state index contributed by atoms with van der Waals surface area (Å²) in [4.78, 5) is 0.261. The normalized spacial score (nSPS) is 21.3. The highest BCUT2D eigenvalue weighted by molar-refractivity contribution is 7.89. The van der Waals surface area contributed by atoms with Crippen LogP contribution in [0.25, 0.3) is 0 Å². The molecule has 100 valence electrons. The van der Waals surface area contributed by atoms with E-state index in [1.807, 2.05) is 0 Å². The first kappa shape index (κ1) is 13.8. The molecular formula is C12H16ClNO3S. The lowest BCUT2D eigenvalue weighted by Crippen LogP contribution is -2.37. The summed E-state index contributed by atoms with van der Waals surface area (Å²) in [6.07, 6.45) is 1.51. The first-order chi connectivity index (χ1) is 8.59. The molecule has 2 rings (SSSR count). The van der Waals surface area contributed by atoms with Crippen molar-refractivity contribution in [1.29, 1.82) is 0 Å². The van der Waals surface area contributed by atoms with Gasteiger partial charge >= 0.3 is 0 Å². The van der Waals surface area contributed by atoms with E-state index in [0.717, 1.165) is 18.4 Å². The molecule has 1 aliphatic rings. The number of rotatable bonds is 4. The Morgan fingerprint density at radius 3 is 2.56 bits per heavy atom. The number of halogens is 1. The number of hydrogen-bond acceptors (Lipinski definition) is 3. The summed E-state index contributed by atoms with van der Waals surface area (Å²) in [6.45, 7) is 0.351. The Hall–Kier alpha value is -0.620. The van der Waals surface area contributed by atoms with E-state index in [1.165, 1.54) is 4.31 Å². The molecule has 1 fully saturated rings. The second-order valence-electron chi connectivity index (χ2n) is 4.37. The van der Waals surface area contributed by atoms with Gasteiger partial charge in [-0.2, -0.15) is 4.31 Å². The molecule has 1 N–H and O–H groups in total. The van der Waals surface area contributed by atoms with Crippen molar-refractivity contribution in [3.63, 3.8) is 0 Å². The standard InChI is InChI=1S/C12H16ClNO3S/c13-8-10-3-5-12(6-4-10)18(16,17)14-7-1-2-11(14)9-15/h3-6,11,15H,1-2,7-9H2. The minimum atomic E-state index is -3.49. The smallest absolute Gasteiger partial charge is 0.243 e. The van der Waals surface area contributed by atoms with Crippen LogP contribution in [-0.4, -0.2) is 37.0 Å². The first-order valence-electron chi connectivity index (χ1n) is 5.87. The van der Waals surface area contributed by atoms with Crippen molar-refractivity contribution in [2.75, 3.05) is 13.2 Å². The van der Waals surface area contributed by atoms with Gasteiger partial charge < -0.3 is 5.11 Å². The predicted octanol–water partition coefficient (Wildman–Crippen LogP) is 1.57. The van der Waals surface area contributed by atoms with Gasteiger partial charge in [-0.05, 0) is 30.5 Å². The summed E-state index contributed by atoms with van der Waals surface area (Å²) in [7, 11) is -3.49. The Kier molecular flexibility index (Phi) is 4.27. The molecule has 6 heteroatoms. The van der Waals surface area contributed by atoms with Crippen molar-refractivity contribution in [3.8, 4) is 0 Å². The summed E-state index contributed by atoms with van der Waals surface area (Å²) in [5.41, 5.74) is 0.885. The molecule has 4 nitrogen and oxygen atoms in total. The Morgan fingerprint density at radius 1 is 1.33 bits per heavy atom. The molecule has 1 atom stereocenters. The van der Waals surface area contributed by atoms with Gasteiger partial charge in [-0.25, -0.2) is 8.42 Å². The van der Waals surface area contributed by atoms with Crippen molar-refractivity contribution in [2.24, 2.45) is 0 Å². The van der Waals surface area contributed by atoms with Crippen LogP contribution in [-0.2, 0) is 15.9 Å². The lowest BCUT2D eigenvalue weighted by molar-refractivity contribution is 0.213. The fraction of sp³-hybridized carbons (Fsp3) is 0.500. The number of aliphatic hydroxyl groups excluding tert-OH is 1. The second-order valence-corrected chi connectivity index (χ2v) is 6.53. The summed E-state index contributed by atoms with van der Waals surface area (Å²) in [5.74, 6) is 0.364. The zero-order valence-corrected chi connectivity index (χ0v) is 11.5. The largest absolute Gasteiger partial charge is 0.395 e. The van der Waals surface area contributed by atoms with Crippen molar-refractivity contribution in [1.82, 2.24) is 4.31 Å². The van der Waals surface area contributed by atoms with Gasteiger partial charge in [-0.3, -0.25) is 0 Å². The van der Waals surface area contributed by atoms with Gasteiger partial charge in [0.15, 0.2) is 0 Å². The summed E-state index contributed by atoms with van der Waals surface area (Å²) in [6, 6.07) is 6.27. The number of alkyl halides is 1. The number of hydrogen-bond donors (Lipinski definition) is 1. The average Bonchev–Trinajstić information content (AvgIpc) is 2.88. The second kappa shape index (κ2) is 5.57. The van der Waals surface area contributed by atoms with Crippen molar-refractivity contribution >= 4 is 21.6 Å². The molecular weight excluding hydrogens is 274 g/mol. The molecule has 0 spiro atoms. The third kappa shape index (κ3) is 2.54. The molecule has 0 amide bonds. The Balaban J connectivity index is 2.29. The van der Waals surface area contributed by atoms with E-state index in [2.05, 4.69) is 0 Å². The van der Waals surface area contributed by atoms with Crippen molar-refractivity contribution < 1.29 is 13.5 Å². The molecule has 1 unspecified atom stereocenters. The van der Waals surface area contributed by atoms with Crippen LogP contribution in [0.4, 0.5) is 0 Å². The molecule has 0 radical (unpaired) electrons. The van der Waals surface area contributed by atoms with Gasteiger partial charge in [0, 0.05) is 18.5 Å². The quantitative estimate of drug-likeness (QED) is 0.856. The van der Waals surface area contributed by atoms with Crippen LogP contribution >= 0.6 is 11.6 Å². The van der Waals surface area contributed by atoms with Crippen LogP contribution in [0, 0.1) is 0 Å².